The van der Waals surface area contributed by atoms with Crippen LogP contribution in [0.4, 0.5) is 0 Å². The van der Waals surface area contributed by atoms with Crippen LogP contribution in [0.15, 0.2) is 24.4 Å². The molecule has 0 aliphatic carbocycles. The Hall–Kier alpha value is -1.56. The van der Waals surface area contributed by atoms with Gasteiger partial charge in [0.15, 0.2) is 0 Å². The number of pyridine rings is 1. The Morgan fingerprint density at radius 3 is 2.83 bits per heavy atom. The van der Waals surface area contributed by atoms with Crippen LogP contribution >= 0.6 is 11.8 Å². The second-order valence-electron chi connectivity index (χ2n) is 3.62. The fraction of sp³-hybridized carbons (Fsp3) is 0.417. The smallest absolute Gasteiger partial charge is 0.305 e. The topological polar surface area (TPSA) is 79.3 Å². The lowest BCUT2D eigenvalue weighted by atomic mass is 10.4. The van der Waals surface area contributed by atoms with Crippen molar-refractivity contribution in [3.8, 4) is 0 Å². The summed E-state index contributed by atoms with van der Waals surface area (Å²) in [7, 11) is 0. The van der Waals surface area contributed by atoms with Gasteiger partial charge in [-0.25, -0.2) is 0 Å². The van der Waals surface area contributed by atoms with E-state index in [2.05, 4.69) is 10.3 Å². The molecule has 0 saturated carbocycles. The third kappa shape index (κ3) is 6.90. The number of carbonyl (C=O) groups is 2. The average Bonchev–Trinajstić information content (AvgIpc) is 2.35. The molecule has 0 fully saturated rings. The van der Waals surface area contributed by atoms with Crippen molar-refractivity contribution < 1.29 is 14.7 Å². The van der Waals surface area contributed by atoms with Gasteiger partial charge in [-0.15, -0.1) is 0 Å². The molecule has 0 spiro atoms. The fourth-order valence-corrected chi connectivity index (χ4v) is 2.08. The molecule has 0 unspecified atom stereocenters. The number of carbonyl (C=O) groups excluding carboxylic acids is 1. The zero-order valence-electron chi connectivity index (χ0n) is 9.96. The minimum atomic E-state index is -0.903. The van der Waals surface area contributed by atoms with Gasteiger partial charge in [-0.1, -0.05) is 6.07 Å². The Morgan fingerprint density at radius 1 is 1.33 bits per heavy atom. The van der Waals surface area contributed by atoms with Crippen molar-refractivity contribution in [1.29, 1.82) is 0 Å². The van der Waals surface area contributed by atoms with Gasteiger partial charge in [-0.05, 0) is 12.1 Å². The minimum absolute atomic E-state index is 0.0349. The molecule has 6 heteroatoms. The van der Waals surface area contributed by atoms with Gasteiger partial charge in [-0.3, -0.25) is 14.6 Å². The van der Waals surface area contributed by atoms with Crippen LogP contribution in [0.5, 0.6) is 0 Å². The van der Waals surface area contributed by atoms with E-state index >= 15 is 0 Å². The molecule has 2 N–H and O–H groups in total. The molecule has 1 amide bonds. The molecule has 0 bridgehead atoms. The Labute approximate surface area is 110 Å². The molecule has 0 aliphatic heterocycles. The van der Waals surface area contributed by atoms with Crippen molar-refractivity contribution in [1.82, 2.24) is 10.3 Å². The highest BCUT2D eigenvalue weighted by Gasteiger charge is 2.03. The summed E-state index contributed by atoms with van der Waals surface area (Å²) in [6, 6.07) is 5.74. The van der Waals surface area contributed by atoms with Gasteiger partial charge in [0.05, 0.1) is 12.1 Å². The maximum atomic E-state index is 11.3. The average molecular weight is 268 g/mol. The predicted octanol–water partition coefficient (Wildman–Crippen LogP) is 1.30. The summed E-state index contributed by atoms with van der Waals surface area (Å²) in [6.45, 7) is 0.194. The lowest BCUT2D eigenvalue weighted by Crippen LogP contribution is -2.26. The number of nitrogens with one attached hydrogen (secondary N) is 1. The highest BCUT2D eigenvalue weighted by Crippen LogP contribution is 2.10. The van der Waals surface area contributed by atoms with E-state index in [1.165, 1.54) is 0 Å². The van der Waals surface area contributed by atoms with Gasteiger partial charge in [0.2, 0.25) is 5.91 Å². The van der Waals surface area contributed by atoms with Crippen molar-refractivity contribution in [3.63, 3.8) is 0 Å². The van der Waals surface area contributed by atoms with E-state index in [0.717, 1.165) is 11.4 Å². The maximum absolute atomic E-state index is 11.3. The molecular formula is C12H16N2O3S. The molecule has 18 heavy (non-hydrogen) atoms. The number of amides is 1. The summed E-state index contributed by atoms with van der Waals surface area (Å²) >= 11 is 1.63. The monoisotopic (exact) mass is 268 g/mol. The maximum Gasteiger partial charge on any atom is 0.305 e. The summed E-state index contributed by atoms with van der Waals surface area (Å²) in [5.41, 5.74) is 0.994. The number of carboxylic acid groups (broad SMARTS) is 1. The molecule has 0 aromatic carbocycles. The van der Waals surface area contributed by atoms with Crippen LogP contribution in [-0.4, -0.2) is 34.3 Å². The van der Waals surface area contributed by atoms with Gasteiger partial charge in [0, 0.05) is 30.7 Å². The number of rotatable bonds is 8. The first-order valence-electron chi connectivity index (χ1n) is 5.64. The summed E-state index contributed by atoms with van der Waals surface area (Å²) in [4.78, 5) is 25.7. The summed E-state index contributed by atoms with van der Waals surface area (Å²) in [5.74, 6) is 0.475. The van der Waals surface area contributed by atoms with Crippen molar-refractivity contribution in [2.45, 2.75) is 18.6 Å². The lowest BCUT2D eigenvalue weighted by Gasteiger charge is -2.03. The number of aromatic nitrogens is 1. The second-order valence-corrected chi connectivity index (χ2v) is 4.72. The van der Waals surface area contributed by atoms with E-state index in [-0.39, 0.29) is 18.9 Å². The van der Waals surface area contributed by atoms with Crippen LogP contribution in [0.1, 0.15) is 18.5 Å². The summed E-state index contributed by atoms with van der Waals surface area (Å²) in [6.07, 6.45) is 2.11. The standard InChI is InChI=1S/C12H16N2O3S/c15-11(14-7-4-12(16)17)5-8-18-9-10-3-1-2-6-13-10/h1-3,6H,4-5,7-9H2,(H,14,15)(H,16,17). The number of aliphatic carboxylic acids is 1. The van der Waals surface area contributed by atoms with Crippen LogP contribution in [-0.2, 0) is 15.3 Å². The van der Waals surface area contributed by atoms with Crippen molar-refractivity contribution in [2.24, 2.45) is 0 Å². The first-order chi connectivity index (χ1) is 8.68. The highest BCUT2D eigenvalue weighted by molar-refractivity contribution is 7.98. The van der Waals surface area contributed by atoms with E-state index in [9.17, 15) is 9.59 Å². The number of carboxylic acids is 1. The van der Waals surface area contributed by atoms with E-state index in [0.29, 0.717) is 12.2 Å². The summed E-state index contributed by atoms with van der Waals surface area (Å²) in [5, 5.41) is 11.0. The van der Waals surface area contributed by atoms with E-state index in [1.54, 1.807) is 18.0 Å². The van der Waals surface area contributed by atoms with Gasteiger partial charge < -0.3 is 10.4 Å². The molecule has 98 valence electrons. The molecule has 0 aliphatic rings. The first-order valence-corrected chi connectivity index (χ1v) is 6.80. The largest absolute Gasteiger partial charge is 0.481 e. The third-order valence-electron chi connectivity index (χ3n) is 2.11. The number of hydrogen-bond acceptors (Lipinski definition) is 4. The van der Waals surface area contributed by atoms with Gasteiger partial charge >= 0.3 is 5.97 Å². The van der Waals surface area contributed by atoms with Crippen molar-refractivity contribution in [3.05, 3.63) is 30.1 Å². The highest BCUT2D eigenvalue weighted by atomic mass is 32.2. The van der Waals surface area contributed by atoms with Crippen LogP contribution in [0.3, 0.4) is 0 Å². The van der Waals surface area contributed by atoms with E-state index < -0.39 is 5.97 Å². The minimum Gasteiger partial charge on any atom is -0.481 e. The Bertz CT molecular complexity index is 384. The van der Waals surface area contributed by atoms with E-state index in [1.807, 2.05) is 18.2 Å². The normalized spacial score (nSPS) is 10.0. The second kappa shape index (κ2) is 8.52. The Balaban J connectivity index is 2.04. The van der Waals surface area contributed by atoms with Crippen LogP contribution in [0, 0.1) is 0 Å². The number of nitrogens with zero attached hydrogens (tertiary/aromatic N) is 1. The molecule has 1 aromatic heterocycles. The molecule has 5 nitrogen and oxygen atoms in total. The van der Waals surface area contributed by atoms with Crippen LogP contribution < -0.4 is 5.32 Å². The first kappa shape index (κ1) is 14.5. The zero-order chi connectivity index (χ0) is 13.2. The molecule has 1 rings (SSSR count). The molecule has 0 saturated heterocycles. The van der Waals surface area contributed by atoms with Crippen LogP contribution in [0.2, 0.25) is 0 Å². The molecule has 0 radical (unpaired) electrons. The van der Waals surface area contributed by atoms with Crippen LogP contribution in [0.25, 0.3) is 0 Å². The van der Waals surface area contributed by atoms with E-state index in [4.69, 9.17) is 5.11 Å². The van der Waals surface area contributed by atoms with Gasteiger partial charge in [-0.2, -0.15) is 11.8 Å². The quantitative estimate of drug-likeness (QED) is 0.695. The molecule has 1 aromatic rings. The fourth-order valence-electron chi connectivity index (χ4n) is 1.22. The number of thioether (sulfide) groups is 1. The van der Waals surface area contributed by atoms with Crippen molar-refractivity contribution in [2.75, 3.05) is 12.3 Å². The third-order valence-corrected chi connectivity index (χ3v) is 3.10. The molecular weight excluding hydrogens is 252 g/mol. The molecule has 1 heterocycles. The molecule has 0 atom stereocenters. The summed E-state index contributed by atoms with van der Waals surface area (Å²) < 4.78 is 0. The predicted molar refractivity (Wildman–Crippen MR) is 70.3 cm³/mol. The lowest BCUT2D eigenvalue weighted by molar-refractivity contribution is -0.136. The van der Waals surface area contributed by atoms with Crippen molar-refractivity contribution >= 4 is 23.6 Å². The SMILES string of the molecule is O=C(O)CCNC(=O)CCSCc1ccccn1. The zero-order valence-corrected chi connectivity index (χ0v) is 10.8. The Kier molecular flexibility index (Phi) is 6.86. The Morgan fingerprint density at radius 2 is 2.17 bits per heavy atom. The number of hydrogen-bond donors (Lipinski definition) is 2. The van der Waals surface area contributed by atoms with Gasteiger partial charge in [0.25, 0.3) is 0 Å². The van der Waals surface area contributed by atoms with Gasteiger partial charge in [0.1, 0.15) is 0 Å².